The number of carbonyl (C=O) groups is 3. The molecule has 0 spiro atoms. The summed E-state index contributed by atoms with van der Waals surface area (Å²) in [7, 11) is 0. The third-order valence-corrected chi connectivity index (χ3v) is 4.47. The maximum Gasteiger partial charge on any atom is 0.338 e. The van der Waals surface area contributed by atoms with Gasteiger partial charge in [0.15, 0.2) is 0 Å². The van der Waals surface area contributed by atoms with Gasteiger partial charge in [0, 0.05) is 6.42 Å². The number of para-hydroxylation sites is 1. The van der Waals surface area contributed by atoms with Gasteiger partial charge in [0.1, 0.15) is 12.4 Å². The van der Waals surface area contributed by atoms with Crippen molar-refractivity contribution in [3.63, 3.8) is 0 Å². The summed E-state index contributed by atoms with van der Waals surface area (Å²) in [6.07, 6.45) is 0.137. The zero-order chi connectivity index (χ0) is 21.7. The molecule has 1 aromatic carbocycles. The molecule has 0 aliphatic carbocycles. The SMILES string of the molecule is CCOC(=O)C1=C(COC(=O)CCc2nc3ccccc3c(=O)[nH]2)NC(=O)NC1C. The number of fused-ring (bicyclic) bond motifs is 1. The Morgan fingerprint density at radius 1 is 1.17 bits per heavy atom. The molecular formula is C20H22N4O6. The highest BCUT2D eigenvalue weighted by molar-refractivity contribution is 5.94. The van der Waals surface area contributed by atoms with E-state index in [4.69, 9.17) is 9.47 Å². The molecule has 1 aliphatic rings. The minimum Gasteiger partial charge on any atom is -0.463 e. The number of urea groups is 1. The maximum atomic E-state index is 12.2. The molecule has 2 heterocycles. The summed E-state index contributed by atoms with van der Waals surface area (Å²) in [5, 5.41) is 5.52. The van der Waals surface area contributed by atoms with E-state index in [1.165, 1.54) is 0 Å². The Balaban J connectivity index is 1.64. The smallest absolute Gasteiger partial charge is 0.338 e. The molecule has 0 bridgehead atoms. The van der Waals surface area contributed by atoms with E-state index in [1.54, 1.807) is 38.1 Å². The van der Waals surface area contributed by atoms with E-state index in [9.17, 15) is 19.2 Å². The summed E-state index contributed by atoms with van der Waals surface area (Å²) in [4.78, 5) is 55.1. The average molecular weight is 414 g/mol. The van der Waals surface area contributed by atoms with Crippen molar-refractivity contribution in [2.45, 2.75) is 32.7 Å². The molecule has 0 saturated heterocycles. The van der Waals surface area contributed by atoms with Gasteiger partial charge in [-0.05, 0) is 26.0 Å². The Kier molecular flexibility index (Phi) is 6.45. The van der Waals surface area contributed by atoms with Crippen LogP contribution >= 0.6 is 0 Å². The molecular weight excluding hydrogens is 392 g/mol. The van der Waals surface area contributed by atoms with Crippen molar-refractivity contribution in [1.82, 2.24) is 20.6 Å². The van der Waals surface area contributed by atoms with Gasteiger partial charge in [-0.2, -0.15) is 0 Å². The number of hydrogen-bond acceptors (Lipinski definition) is 7. The van der Waals surface area contributed by atoms with E-state index in [-0.39, 0.29) is 42.9 Å². The molecule has 3 N–H and O–H groups in total. The lowest BCUT2D eigenvalue weighted by Gasteiger charge is -2.26. The molecule has 2 amide bonds. The number of carbonyl (C=O) groups excluding carboxylic acids is 3. The van der Waals surface area contributed by atoms with Crippen LogP contribution in [0.25, 0.3) is 10.9 Å². The standard InChI is InChI=1S/C20H22N4O6/c1-3-29-19(27)17-11(2)21-20(28)23-14(17)10-30-16(25)9-8-15-22-13-7-5-4-6-12(13)18(26)24-15/h4-7,11H,3,8-10H2,1-2H3,(H2,21,23,28)(H,22,24,26). The van der Waals surface area contributed by atoms with E-state index in [1.807, 2.05) is 0 Å². The molecule has 2 aromatic rings. The Morgan fingerprint density at radius 3 is 2.70 bits per heavy atom. The van der Waals surface area contributed by atoms with Crippen LogP contribution < -0.4 is 16.2 Å². The minimum atomic E-state index is -0.596. The number of amides is 2. The van der Waals surface area contributed by atoms with Gasteiger partial charge in [0.05, 0.1) is 41.2 Å². The van der Waals surface area contributed by atoms with Crippen LogP contribution in [-0.4, -0.2) is 47.2 Å². The van der Waals surface area contributed by atoms with Crippen molar-refractivity contribution in [1.29, 1.82) is 0 Å². The van der Waals surface area contributed by atoms with Crippen molar-refractivity contribution in [3.8, 4) is 0 Å². The lowest BCUT2D eigenvalue weighted by Crippen LogP contribution is -2.50. The fraction of sp³-hybridized carbons (Fsp3) is 0.350. The zero-order valence-corrected chi connectivity index (χ0v) is 16.6. The summed E-state index contributed by atoms with van der Waals surface area (Å²) in [5.74, 6) is -0.797. The highest BCUT2D eigenvalue weighted by Gasteiger charge is 2.30. The van der Waals surface area contributed by atoms with Crippen LogP contribution in [0.2, 0.25) is 0 Å². The summed E-state index contributed by atoms with van der Waals surface area (Å²) in [5.41, 5.74) is 0.639. The molecule has 3 rings (SSSR count). The van der Waals surface area contributed by atoms with Crippen molar-refractivity contribution >= 4 is 28.9 Å². The lowest BCUT2D eigenvalue weighted by molar-refractivity contribution is -0.143. The fourth-order valence-electron chi connectivity index (χ4n) is 3.09. The van der Waals surface area contributed by atoms with Crippen LogP contribution in [0.15, 0.2) is 40.3 Å². The quantitative estimate of drug-likeness (QED) is 0.572. The fourth-order valence-corrected chi connectivity index (χ4v) is 3.09. The first-order valence-electron chi connectivity index (χ1n) is 9.50. The van der Waals surface area contributed by atoms with Crippen molar-refractivity contribution in [2.75, 3.05) is 13.2 Å². The second-order valence-electron chi connectivity index (χ2n) is 6.62. The van der Waals surface area contributed by atoms with Crippen LogP contribution in [0.4, 0.5) is 4.79 Å². The number of benzene rings is 1. The number of aromatic amines is 1. The molecule has 158 valence electrons. The molecule has 1 aromatic heterocycles. The van der Waals surface area contributed by atoms with Gasteiger partial charge in [-0.1, -0.05) is 12.1 Å². The number of hydrogen-bond donors (Lipinski definition) is 3. The summed E-state index contributed by atoms with van der Waals surface area (Å²) >= 11 is 0. The predicted octanol–water partition coefficient (Wildman–Crippen LogP) is 0.917. The van der Waals surface area contributed by atoms with E-state index in [0.29, 0.717) is 16.7 Å². The predicted molar refractivity (Wildman–Crippen MR) is 106 cm³/mol. The molecule has 10 nitrogen and oxygen atoms in total. The Hall–Kier alpha value is -3.69. The van der Waals surface area contributed by atoms with Crippen LogP contribution in [0.3, 0.4) is 0 Å². The third kappa shape index (κ3) is 4.83. The van der Waals surface area contributed by atoms with Crippen LogP contribution in [-0.2, 0) is 25.5 Å². The van der Waals surface area contributed by atoms with Gasteiger partial charge in [-0.25, -0.2) is 14.6 Å². The highest BCUT2D eigenvalue weighted by Crippen LogP contribution is 2.15. The van der Waals surface area contributed by atoms with E-state index >= 15 is 0 Å². The zero-order valence-electron chi connectivity index (χ0n) is 16.6. The van der Waals surface area contributed by atoms with E-state index in [0.717, 1.165) is 0 Å². The van der Waals surface area contributed by atoms with Gasteiger partial charge in [0.2, 0.25) is 0 Å². The normalized spacial score (nSPS) is 16.1. The van der Waals surface area contributed by atoms with Crippen LogP contribution in [0.1, 0.15) is 26.1 Å². The number of esters is 2. The van der Waals surface area contributed by atoms with E-state index in [2.05, 4.69) is 20.6 Å². The highest BCUT2D eigenvalue weighted by atomic mass is 16.5. The molecule has 0 saturated carbocycles. The van der Waals surface area contributed by atoms with Crippen molar-refractivity contribution < 1.29 is 23.9 Å². The topological polar surface area (TPSA) is 139 Å². The molecule has 1 aliphatic heterocycles. The first-order valence-corrected chi connectivity index (χ1v) is 9.50. The van der Waals surface area contributed by atoms with Gasteiger partial charge in [0.25, 0.3) is 5.56 Å². The van der Waals surface area contributed by atoms with Gasteiger partial charge >= 0.3 is 18.0 Å². The number of ether oxygens (including phenoxy) is 2. The summed E-state index contributed by atoms with van der Waals surface area (Å²) in [6.45, 7) is 3.19. The van der Waals surface area contributed by atoms with Crippen LogP contribution in [0, 0.1) is 0 Å². The number of aryl methyl sites for hydroxylation is 1. The van der Waals surface area contributed by atoms with Crippen LogP contribution in [0.5, 0.6) is 0 Å². The third-order valence-electron chi connectivity index (χ3n) is 4.47. The molecule has 0 radical (unpaired) electrons. The first-order chi connectivity index (χ1) is 14.4. The number of nitrogens with zero attached hydrogens (tertiary/aromatic N) is 1. The second-order valence-corrected chi connectivity index (χ2v) is 6.62. The Bertz CT molecular complexity index is 1070. The molecule has 0 fully saturated rings. The summed E-state index contributed by atoms with van der Waals surface area (Å²) < 4.78 is 10.2. The molecule has 30 heavy (non-hydrogen) atoms. The number of nitrogens with one attached hydrogen (secondary N) is 3. The van der Waals surface area contributed by atoms with E-state index < -0.39 is 24.0 Å². The molecule has 10 heteroatoms. The number of H-pyrrole nitrogens is 1. The van der Waals surface area contributed by atoms with Gasteiger partial charge in [-0.15, -0.1) is 0 Å². The maximum absolute atomic E-state index is 12.2. The van der Waals surface area contributed by atoms with Crippen molar-refractivity contribution in [3.05, 3.63) is 51.7 Å². The number of aromatic nitrogens is 2. The first kappa shape index (κ1) is 21.0. The molecule has 1 unspecified atom stereocenters. The Morgan fingerprint density at radius 2 is 1.93 bits per heavy atom. The minimum absolute atomic E-state index is 0.0367. The average Bonchev–Trinajstić information content (AvgIpc) is 2.70. The Labute approximate surface area is 171 Å². The summed E-state index contributed by atoms with van der Waals surface area (Å²) in [6, 6.07) is 5.82. The molecule has 1 atom stereocenters. The monoisotopic (exact) mass is 414 g/mol. The second kappa shape index (κ2) is 9.21. The van der Waals surface area contributed by atoms with Crippen molar-refractivity contribution in [2.24, 2.45) is 0 Å². The lowest BCUT2D eigenvalue weighted by atomic mass is 10.0. The van der Waals surface area contributed by atoms with Gasteiger partial charge in [-0.3, -0.25) is 9.59 Å². The number of rotatable bonds is 7. The van der Waals surface area contributed by atoms with Gasteiger partial charge < -0.3 is 25.1 Å². The largest absolute Gasteiger partial charge is 0.463 e.